The number of carboxylic acids is 1. The Hall–Kier alpha value is -1.35. The molecule has 1 rings (SSSR count). The number of rotatable bonds is 8. The first-order chi connectivity index (χ1) is 9.84. The fourth-order valence-electron chi connectivity index (χ4n) is 2.28. The molecule has 3 nitrogen and oxygen atoms in total. The number of carboxylic acid groups (broad SMARTS) is 1. The second-order valence-corrected chi connectivity index (χ2v) is 6.68. The van der Waals surface area contributed by atoms with Crippen molar-refractivity contribution in [3.8, 4) is 0 Å². The van der Waals surface area contributed by atoms with Crippen LogP contribution in [0.2, 0.25) is 0 Å². The van der Waals surface area contributed by atoms with Gasteiger partial charge in [0.25, 0.3) is 0 Å². The van der Waals surface area contributed by atoms with Gasteiger partial charge in [0.1, 0.15) is 6.04 Å². The third-order valence-corrected chi connectivity index (χ3v) is 3.77. The molecular weight excluding hydrogens is 262 g/mol. The van der Waals surface area contributed by atoms with Crippen molar-refractivity contribution in [3.05, 3.63) is 35.4 Å². The highest BCUT2D eigenvalue weighted by Crippen LogP contribution is 2.22. The van der Waals surface area contributed by atoms with Crippen molar-refractivity contribution in [2.75, 3.05) is 6.54 Å². The van der Waals surface area contributed by atoms with Gasteiger partial charge < -0.3 is 10.4 Å². The van der Waals surface area contributed by atoms with Gasteiger partial charge in [-0.1, -0.05) is 64.8 Å². The summed E-state index contributed by atoms with van der Waals surface area (Å²) in [4.78, 5) is 11.1. The Labute approximate surface area is 128 Å². The predicted molar refractivity (Wildman–Crippen MR) is 87.8 cm³/mol. The number of hydrogen-bond donors (Lipinski definition) is 2. The smallest absolute Gasteiger partial charge is 0.320 e. The van der Waals surface area contributed by atoms with Crippen molar-refractivity contribution in [3.63, 3.8) is 0 Å². The Balaban J connectivity index is 2.46. The van der Waals surface area contributed by atoms with Crippen LogP contribution in [-0.2, 0) is 16.6 Å². The maximum Gasteiger partial charge on any atom is 0.320 e. The van der Waals surface area contributed by atoms with Crippen LogP contribution in [0.3, 0.4) is 0 Å². The summed E-state index contributed by atoms with van der Waals surface area (Å²) in [5.41, 5.74) is 2.74. The van der Waals surface area contributed by atoms with Gasteiger partial charge in [0.15, 0.2) is 0 Å². The number of benzene rings is 1. The highest BCUT2D eigenvalue weighted by molar-refractivity contribution is 5.73. The standard InChI is InChI=1S/C18H29NO2/c1-5-6-7-16(17(20)21)19-13-12-14-8-10-15(11-9-14)18(2,3)4/h8-11,16,19H,5-7,12-13H2,1-4H3,(H,20,21). The molecule has 1 aromatic carbocycles. The van der Waals surface area contributed by atoms with Crippen LogP contribution < -0.4 is 5.32 Å². The maximum atomic E-state index is 11.1. The average Bonchev–Trinajstić information content (AvgIpc) is 2.41. The molecule has 1 atom stereocenters. The lowest BCUT2D eigenvalue weighted by atomic mass is 9.86. The topological polar surface area (TPSA) is 49.3 Å². The number of carbonyl (C=O) groups is 1. The molecule has 1 aromatic rings. The highest BCUT2D eigenvalue weighted by Gasteiger charge is 2.15. The Morgan fingerprint density at radius 1 is 1.24 bits per heavy atom. The zero-order valence-corrected chi connectivity index (χ0v) is 13.8. The summed E-state index contributed by atoms with van der Waals surface area (Å²) in [6.07, 6.45) is 3.54. The SMILES string of the molecule is CCCCC(NCCc1ccc(C(C)(C)C)cc1)C(=O)O. The van der Waals surface area contributed by atoms with Gasteiger partial charge in [0, 0.05) is 0 Å². The van der Waals surface area contributed by atoms with Gasteiger partial charge in [-0.25, -0.2) is 0 Å². The number of aliphatic carboxylic acids is 1. The van der Waals surface area contributed by atoms with Crippen LogP contribution in [0.25, 0.3) is 0 Å². The first-order valence-corrected chi connectivity index (χ1v) is 7.90. The lowest BCUT2D eigenvalue weighted by molar-refractivity contribution is -0.139. The molecule has 118 valence electrons. The summed E-state index contributed by atoms with van der Waals surface area (Å²) in [5.74, 6) is -0.744. The van der Waals surface area contributed by atoms with Gasteiger partial charge in [0.05, 0.1) is 0 Å². The van der Waals surface area contributed by atoms with E-state index >= 15 is 0 Å². The van der Waals surface area contributed by atoms with E-state index in [4.69, 9.17) is 5.11 Å². The van der Waals surface area contributed by atoms with Crippen LogP contribution >= 0.6 is 0 Å². The molecule has 0 heterocycles. The molecule has 1 unspecified atom stereocenters. The van der Waals surface area contributed by atoms with Crippen molar-refractivity contribution in [1.29, 1.82) is 0 Å². The maximum absolute atomic E-state index is 11.1. The molecule has 3 heteroatoms. The normalized spacial score (nSPS) is 13.1. The van der Waals surface area contributed by atoms with Gasteiger partial charge in [-0.15, -0.1) is 0 Å². The minimum absolute atomic E-state index is 0.172. The second-order valence-electron chi connectivity index (χ2n) is 6.68. The predicted octanol–water partition coefficient (Wildman–Crippen LogP) is 3.76. The Morgan fingerprint density at radius 2 is 1.86 bits per heavy atom. The van der Waals surface area contributed by atoms with E-state index in [2.05, 4.69) is 57.3 Å². The molecule has 0 aliphatic rings. The summed E-state index contributed by atoms with van der Waals surface area (Å²) in [7, 11) is 0. The van der Waals surface area contributed by atoms with Crippen LogP contribution in [0, 0.1) is 0 Å². The van der Waals surface area contributed by atoms with E-state index in [-0.39, 0.29) is 5.41 Å². The van der Waals surface area contributed by atoms with Crippen LogP contribution in [0.15, 0.2) is 24.3 Å². The molecule has 0 saturated heterocycles. The first-order valence-electron chi connectivity index (χ1n) is 7.90. The molecule has 0 amide bonds. The minimum Gasteiger partial charge on any atom is -0.480 e. The molecule has 0 radical (unpaired) electrons. The highest BCUT2D eigenvalue weighted by atomic mass is 16.4. The zero-order valence-electron chi connectivity index (χ0n) is 13.8. The Kier molecular flexibility index (Phi) is 6.90. The van der Waals surface area contributed by atoms with Gasteiger partial charge in [0.2, 0.25) is 0 Å². The molecular formula is C18H29NO2. The van der Waals surface area contributed by atoms with Gasteiger partial charge >= 0.3 is 5.97 Å². The molecule has 0 fully saturated rings. The van der Waals surface area contributed by atoms with Gasteiger partial charge in [-0.05, 0) is 35.9 Å². The van der Waals surface area contributed by atoms with E-state index in [1.807, 2.05) is 0 Å². The summed E-state index contributed by atoms with van der Waals surface area (Å²) in [6, 6.07) is 8.20. The van der Waals surface area contributed by atoms with Crippen molar-refractivity contribution in [2.45, 2.75) is 64.8 Å². The average molecular weight is 291 g/mol. The van der Waals surface area contributed by atoms with Crippen molar-refractivity contribution < 1.29 is 9.90 Å². The summed E-state index contributed by atoms with van der Waals surface area (Å²) >= 11 is 0. The van der Waals surface area contributed by atoms with E-state index < -0.39 is 12.0 Å². The first kappa shape index (κ1) is 17.7. The molecule has 0 aliphatic heterocycles. The van der Waals surface area contributed by atoms with E-state index in [1.165, 1.54) is 11.1 Å². The molecule has 0 aromatic heterocycles. The fraction of sp³-hybridized carbons (Fsp3) is 0.611. The molecule has 0 spiro atoms. The quantitative estimate of drug-likeness (QED) is 0.766. The number of hydrogen-bond acceptors (Lipinski definition) is 2. The van der Waals surface area contributed by atoms with E-state index in [9.17, 15) is 4.79 Å². The second kappa shape index (κ2) is 8.18. The molecule has 0 aliphatic carbocycles. The van der Waals surface area contributed by atoms with Crippen molar-refractivity contribution >= 4 is 5.97 Å². The van der Waals surface area contributed by atoms with Gasteiger partial charge in [-0.2, -0.15) is 0 Å². The summed E-state index contributed by atoms with van der Waals surface area (Å²) in [5, 5.41) is 12.3. The molecule has 0 bridgehead atoms. The fourth-order valence-corrected chi connectivity index (χ4v) is 2.28. The van der Waals surface area contributed by atoms with Crippen LogP contribution in [0.4, 0.5) is 0 Å². The van der Waals surface area contributed by atoms with E-state index in [0.717, 1.165) is 19.3 Å². The largest absolute Gasteiger partial charge is 0.480 e. The number of nitrogens with one attached hydrogen (secondary N) is 1. The summed E-state index contributed by atoms with van der Waals surface area (Å²) in [6.45, 7) is 9.39. The molecule has 2 N–H and O–H groups in total. The van der Waals surface area contributed by atoms with Crippen LogP contribution in [-0.4, -0.2) is 23.7 Å². The Morgan fingerprint density at radius 3 is 2.33 bits per heavy atom. The van der Waals surface area contributed by atoms with Crippen molar-refractivity contribution in [2.24, 2.45) is 0 Å². The van der Waals surface area contributed by atoms with E-state index in [0.29, 0.717) is 13.0 Å². The number of unbranched alkanes of at least 4 members (excludes halogenated alkanes) is 1. The minimum atomic E-state index is -0.744. The van der Waals surface area contributed by atoms with Crippen LogP contribution in [0.1, 0.15) is 58.1 Å². The Bertz CT molecular complexity index is 432. The van der Waals surface area contributed by atoms with Gasteiger partial charge in [-0.3, -0.25) is 4.79 Å². The third kappa shape index (κ3) is 6.30. The third-order valence-electron chi connectivity index (χ3n) is 3.77. The lowest BCUT2D eigenvalue weighted by Crippen LogP contribution is -2.37. The molecule has 21 heavy (non-hydrogen) atoms. The zero-order chi connectivity index (χ0) is 15.9. The van der Waals surface area contributed by atoms with Crippen molar-refractivity contribution in [1.82, 2.24) is 5.32 Å². The lowest BCUT2D eigenvalue weighted by Gasteiger charge is -2.19. The summed E-state index contributed by atoms with van der Waals surface area (Å²) < 4.78 is 0. The van der Waals surface area contributed by atoms with Crippen LogP contribution in [0.5, 0.6) is 0 Å². The van der Waals surface area contributed by atoms with E-state index in [1.54, 1.807) is 0 Å². The molecule has 0 saturated carbocycles. The monoisotopic (exact) mass is 291 g/mol.